The van der Waals surface area contributed by atoms with E-state index in [9.17, 15) is 39.6 Å². The van der Waals surface area contributed by atoms with Gasteiger partial charge in [0.05, 0.1) is 23.8 Å². The van der Waals surface area contributed by atoms with E-state index in [1.165, 1.54) is 17.8 Å². The number of thioether (sulfide) groups is 2. The summed E-state index contributed by atoms with van der Waals surface area (Å²) in [6.07, 6.45) is 8.88. The molecule has 0 heterocycles. The maximum Gasteiger partial charge on any atom is 0.306 e. The van der Waals surface area contributed by atoms with Crippen molar-refractivity contribution in [3.05, 3.63) is 34.4 Å². The number of rotatable bonds is 24. The number of carbonyl (C=O) groups excluding carboxylic acids is 2. The van der Waals surface area contributed by atoms with E-state index in [2.05, 4.69) is 13.8 Å². The molecule has 42 heavy (non-hydrogen) atoms. The van der Waals surface area contributed by atoms with Crippen LogP contribution in [0.3, 0.4) is 0 Å². The Morgan fingerprint density at radius 2 is 1.17 bits per heavy atom. The monoisotopic (exact) mass is 624 g/mol. The lowest BCUT2D eigenvalue weighted by atomic mass is 9.90. The van der Waals surface area contributed by atoms with E-state index in [4.69, 9.17) is 0 Å². The average Bonchev–Trinajstić information content (AvgIpc) is 2.94. The van der Waals surface area contributed by atoms with Crippen LogP contribution in [0.5, 0.6) is 0 Å². The number of carboxylic acid groups (broad SMARTS) is 4. The van der Waals surface area contributed by atoms with Crippen LogP contribution in [0.25, 0.3) is 0 Å². The number of hydrogen-bond donors (Lipinski definition) is 2. The van der Waals surface area contributed by atoms with Gasteiger partial charge in [0, 0.05) is 21.6 Å². The Balaban J connectivity index is 3.32. The fourth-order valence-corrected chi connectivity index (χ4v) is 7.94. The summed E-state index contributed by atoms with van der Waals surface area (Å²) in [6, 6.07) is 2.91. The maximum atomic E-state index is 12.4. The van der Waals surface area contributed by atoms with Gasteiger partial charge in [0.15, 0.2) is 0 Å². The van der Waals surface area contributed by atoms with E-state index in [0.717, 1.165) is 38.5 Å². The summed E-state index contributed by atoms with van der Waals surface area (Å²) in [7, 11) is 0. The zero-order valence-electron chi connectivity index (χ0n) is 25.5. The molecule has 0 fully saturated rings. The smallest absolute Gasteiger partial charge is 0.306 e. The minimum absolute atomic E-state index is 0.186. The Morgan fingerprint density at radius 1 is 0.690 bits per heavy atom. The zero-order valence-corrected chi connectivity index (χ0v) is 27.2. The molecular weight excluding hydrogens is 576 g/mol. The molecule has 1 rings (SSSR count). The van der Waals surface area contributed by atoms with E-state index in [0.29, 0.717) is 61.2 Å². The van der Waals surface area contributed by atoms with Crippen LogP contribution in [0.15, 0.2) is 12.1 Å². The minimum Gasteiger partial charge on any atom is -0.545 e. The van der Waals surface area contributed by atoms with Gasteiger partial charge in [-0.15, -0.1) is 0 Å². The molecule has 4 unspecified atom stereocenters. The highest BCUT2D eigenvalue weighted by molar-refractivity contribution is 7.99. The number of unbranched alkanes of at least 4 members (excludes halogenated alkanes) is 4. The van der Waals surface area contributed by atoms with Crippen LogP contribution in [0.4, 0.5) is 0 Å². The second-order valence-electron chi connectivity index (χ2n) is 10.7. The summed E-state index contributed by atoms with van der Waals surface area (Å²) in [5.74, 6) is -4.73. The molecule has 0 aliphatic carbocycles. The normalized spacial score (nSPS) is 14.2. The molecule has 0 saturated heterocycles. The highest BCUT2D eigenvalue weighted by Gasteiger charge is 2.27. The molecule has 0 radical (unpaired) electrons. The second-order valence-corrected chi connectivity index (χ2v) is 13.4. The summed E-state index contributed by atoms with van der Waals surface area (Å²) in [4.78, 5) is 47.9. The van der Waals surface area contributed by atoms with Crippen molar-refractivity contribution >= 4 is 47.4 Å². The van der Waals surface area contributed by atoms with Gasteiger partial charge in [0.1, 0.15) is 0 Å². The van der Waals surface area contributed by atoms with Crippen LogP contribution in [0.2, 0.25) is 0 Å². The summed E-state index contributed by atoms with van der Waals surface area (Å²) >= 11 is 3.00. The van der Waals surface area contributed by atoms with Crippen molar-refractivity contribution in [2.75, 3.05) is 11.5 Å². The first-order valence-corrected chi connectivity index (χ1v) is 17.4. The molecule has 10 heteroatoms. The van der Waals surface area contributed by atoms with Gasteiger partial charge in [-0.05, 0) is 61.2 Å². The summed E-state index contributed by atoms with van der Waals surface area (Å²) in [5.41, 5.74) is 0.268. The predicted octanol–water partition coefficient (Wildman–Crippen LogP) is 6.12. The molecule has 238 valence electrons. The Morgan fingerprint density at radius 3 is 1.55 bits per heavy atom. The maximum absolute atomic E-state index is 12.4. The van der Waals surface area contributed by atoms with Crippen LogP contribution in [0, 0.1) is 11.8 Å². The summed E-state index contributed by atoms with van der Waals surface area (Å²) < 4.78 is 0. The first-order valence-electron chi connectivity index (χ1n) is 15.3. The SMILES string of the molecule is CCCCCC(CCSC(CC)c1ccc(C(=O)[O-])c(C(=O)[O-])c1C(CC)SCCC(CCCCC)C(=O)O)C(=O)O. The van der Waals surface area contributed by atoms with E-state index >= 15 is 0 Å². The van der Waals surface area contributed by atoms with E-state index in [1.807, 2.05) is 13.8 Å². The molecule has 0 amide bonds. The predicted molar refractivity (Wildman–Crippen MR) is 166 cm³/mol. The van der Waals surface area contributed by atoms with Crippen molar-refractivity contribution in [1.29, 1.82) is 0 Å². The Hall–Kier alpha value is -2.20. The highest BCUT2D eigenvalue weighted by Crippen LogP contribution is 2.44. The number of aromatic carboxylic acids is 2. The van der Waals surface area contributed by atoms with Gasteiger partial charge in [0.2, 0.25) is 0 Å². The number of carboxylic acids is 4. The Labute approximate surface area is 259 Å². The lowest BCUT2D eigenvalue weighted by Crippen LogP contribution is -2.32. The van der Waals surface area contributed by atoms with Gasteiger partial charge >= 0.3 is 11.9 Å². The molecule has 2 N–H and O–H groups in total. The fourth-order valence-electron chi connectivity index (χ4n) is 5.26. The lowest BCUT2D eigenvalue weighted by molar-refractivity contribution is -0.259. The van der Waals surface area contributed by atoms with Crippen LogP contribution in [-0.4, -0.2) is 45.6 Å². The quantitative estimate of drug-likeness (QED) is 0.128. The topological polar surface area (TPSA) is 155 Å². The minimum atomic E-state index is -1.60. The molecule has 0 spiro atoms. The lowest BCUT2D eigenvalue weighted by Gasteiger charge is -2.29. The van der Waals surface area contributed by atoms with Crippen LogP contribution in [0.1, 0.15) is 147 Å². The van der Waals surface area contributed by atoms with Gasteiger partial charge in [-0.25, -0.2) is 0 Å². The van der Waals surface area contributed by atoms with Crippen molar-refractivity contribution in [2.45, 2.75) is 115 Å². The third-order valence-electron chi connectivity index (χ3n) is 7.70. The number of aliphatic carboxylic acids is 2. The van der Waals surface area contributed by atoms with Gasteiger partial charge in [-0.1, -0.05) is 78.4 Å². The first-order chi connectivity index (χ1) is 20.0. The summed E-state index contributed by atoms with van der Waals surface area (Å²) in [5, 5.41) is 43.1. The van der Waals surface area contributed by atoms with E-state index < -0.39 is 46.5 Å². The van der Waals surface area contributed by atoms with Crippen molar-refractivity contribution in [2.24, 2.45) is 11.8 Å². The number of carbonyl (C=O) groups is 4. The van der Waals surface area contributed by atoms with Gasteiger partial charge in [-0.2, -0.15) is 23.5 Å². The molecule has 0 saturated carbocycles. The number of benzene rings is 1. The fraction of sp³-hybridized carbons (Fsp3) is 0.688. The Bertz CT molecular complexity index is 1010. The van der Waals surface area contributed by atoms with Gasteiger partial charge < -0.3 is 30.0 Å². The standard InChI is InChI=1S/C32H50O8S2/c1-5-9-11-13-21(29(33)34)17-19-41-25(7-3)23-15-16-24(31(37)38)28(32(39)40)27(23)26(8-4)42-20-18-22(30(35)36)14-12-10-6-2/h15-16,21-22,25-26H,5-14,17-20H2,1-4H3,(H,33,34)(H,35,36)(H,37,38)(H,39,40)/p-2. The van der Waals surface area contributed by atoms with E-state index in [-0.39, 0.29) is 10.8 Å². The molecule has 1 aromatic rings. The zero-order chi connectivity index (χ0) is 31.7. The van der Waals surface area contributed by atoms with Crippen molar-refractivity contribution < 1.29 is 39.6 Å². The van der Waals surface area contributed by atoms with E-state index in [1.54, 1.807) is 17.8 Å². The molecule has 4 atom stereocenters. The van der Waals surface area contributed by atoms with Crippen molar-refractivity contribution in [1.82, 2.24) is 0 Å². The summed E-state index contributed by atoms with van der Waals surface area (Å²) in [6.45, 7) is 7.99. The van der Waals surface area contributed by atoms with Crippen LogP contribution >= 0.6 is 23.5 Å². The molecule has 0 aromatic heterocycles. The second kappa shape index (κ2) is 20.7. The largest absolute Gasteiger partial charge is 0.545 e. The highest BCUT2D eigenvalue weighted by atomic mass is 32.2. The molecule has 0 aliphatic rings. The molecule has 0 bridgehead atoms. The molecular formula is C32H48O8S2-2. The van der Waals surface area contributed by atoms with Crippen LogP contribution < -0.4 is 10.2 Å². The van der Waals surface area contributed by atoms with Crippen LogP contribution in [-0.2, 0) is 9.59 Å². The van der Waals surface area contributed by atoms with Crippen molar-refractivity contribution in [3.8, 4) is 0 Å². The van der Waals surface area contributed by atoms with Gasteiger partial charge in [-0.3, -0.25) is 9.59 Å². The van der Waals surface area contributed by atoms with Crippen molar-refractivity contribution in [3.63, 3.8) is 0 Å². The molecule has 0 aliphatic heterocycles. The molecule has 1 aromatic carbocycles. The third kappa shape index (κ3) is 12.2. The number of hydrogen-bond acceptors (Lipinski definition) is 8. The first kappa shape index (κ1) is 37.8. The van der Waals surface area contributed by atoms with Gasteiger partial charge in [0.25, 0.3) is 0 Å². The Kier molecular flexibility index (Phi) is 18.6. The molecule has 8 nitrogen and oxygen atoms in total. The third-order valence-corrected chi connectivity index (χ3v) is 10.6. The average molecular weight is 625 g/mol.